The van der Waals surface area contributed by atoms with Crippen molar-refractivity contribution in [1.82, 2.24) is 0 Å². The molecule has 1 aromatic heterocycles. The summed E-state index contributed by atoms with van der Waals surface area (Å²) in [5, 5.41) is 1.86. The van der Waals surface area contributed by atoms with Gasteiger partial charge in [-0.1, -0.05) is 0 Å². The molecule has 4 heteroatoms. The van der Waals surface area contributed by atoms with Crippen molar-refractivity contribution in [1.29, 1.82) is 0 Å². The van der Waals surface area contributed by atoms with Crippen molar-refractivity contribution in [2.45, 2.75) is 6.92 Å². The Morgan fingerprint density at radius 1 is 2.00 bits per heavy atom. The van der Waals surface area contributed by atoms with E-state index in [1.54, 1.807) is 6.92 Å². The Balaban J connectivity index is 2.93. The number of nitrogen functional groups attached to an aromatic ring is 1. The highest BCUT2D eigenvalue weighted by molar-refractivity contribution is 7.14. The van der Waals surface area contributed by atoms with Gasteiger partial charge in [0.1, 0.15) is 5.00 Å². The van der Waals surface area contributed by atoms with Crippen molar-refractivity contribution in [2.24, 2.45) is 0 Å². The molecule has 11 heavy (non-hydrogen) atoms. The number of hydrogen-bond donors (Lipinski definition) is 1. The standard InChI is InChI=1S/C7H9NO2S/c1-2-10-7(9)5-3-4-11-6(5)8/h3-4H,2,8H2,1H3/i3D. The summed E-state index contributed by atoms with van der Waals surface area (Å²) in [6.07, 6.45) is 0. The Morgan fingerprint density at radius 3 is 3.18 bits per heavy atom. The molecule has 0 saturated heterocycles. The highest BCUT2D eigenvalue weighted by Crippen LogP contribution is 2.19. The van der Waals surface area contributed by atoms with Crippen molar-refractivity contribution in [2.75, 3.05) is 12.3 Å². The van der Waals surface area contributed by atoms with Crippen LogP contribution in [0.2, 0.25) is 0 Å². The fraction of sp³-hybridized carbons (Fsp3) is 0.286. The van der Waals surface area contributed by atoms with Gasteiger partial charge in [-0.15, -0.1) is 11.3 Å². The van der Waals surface area contributed by atoms with Gasteiger partial charge in [-0.3, -0.25) is 0 Å². The van der Waals surface area contributed by atoms with E-state index >= 15 is 0 Å². The smallest absolute Gasteiger partial charge is 0.341 e. The Morgan fingerprint density at radius 2 is 2.73 bits per heavy atom. The first-order valence-electron chi connectivity index (χ1n) is 3.67. The number of anilines is 1. The Hall–Kier alpha value is -1.03. The van der Waals surface area contributed by atoms with Gasteiger partial charge in [0.15, 0.2) is 0 Å². The molecule has 0 spiro atoms. The van der Waals surface area contributed by atoms with Crippen LogP contribution in [0.4, 0.5) is 5.00 Å². The van der Waals surface area contributed by atoms with Crippen molar-refractivity contribution < 1.29 is 10.9 Å². The van der Waals surface area contributed by atoms with Gasteiger partial charge in [0.05, 0.1) is 13.5 Å². The number of carbonyl (C=O) groups excluding carboxylic acids is 1. The molecule has 1 heterocycles. The van der Waals surface area contributed by atoms with E-state index in [9.17, 15) is 4.79 Å². The van der Waals surface area contributed by atoms with E-state index < -0.39 is 5.97 Å². The van der Waals surface area contributed by atoms with Gasteiger partial charge in [0.2, 0.25) is 0 Å². The van der Waals surface area contributed by atoms with Gasteiger partial charge >= 0.3 is 5.97 Å². The van der Waals surface area contributed by atoms with Gasteiger partial charge in [-0.25, -0.2) is 4.79 Å². The average molecular weight is 172 g/mol. The van der Waals surface area contributed by atoms with Crippen LogP contribution in [0.5, 0.6) is 0 Å². The minimum atomic E-state index is -0.513. The molecule has 3 nitrogen and oxygen atoms in total. The first kappa shape index (κ1) is 6.67. The summed E-state index contributed by atoms with van der Waals surface area (Å²) >= 11 is 1.17. The molecule has 1 rings (SSSR count). The maximum atomic E-state index is 11.1. The van der Waals surface area contributed by atoms with Gasteiger partial charge in [0.25, 0.3) is 0 Å². The number of carbonyl (C=O) groups is 1. The lowest BCUT2D eigenvalue weighted by atomic mass is 10.3. The summed E-state index contributed by atoms with van der Waals surface area (Å²) in [6.45, 7) is 2.01. The van der Waals surface area contributed by atoms with E-state index in [0.717, 1.165) is 0 Å². The molecule has 0 aliphatic heterocycles. The highest BCUT2D eigenvalue weighted by atomic mass is 32.1. The summed E-state index contributed by atoms with van der Waals surface area (Å²) in [5.74, 6) is -0.513. The maximum absolute atomic E-state index is 11.1. The fourth-order valence-corrected chi connectivity index (χ4v) is 1.21. The van der Waals surface area contributed by atoms with E-state index in [-0.39, 0.29) is 11.6 Å². The zero-order valence-corrected chi connectivity index (χ0v) is 6.90. The third-order valence-corrected chi connectivity index (χ3v) is 1.81. The topological polar surface area (TPSA) is 52.3 Å². The molecule has 0 unspecified atom stereocenters. The number of rotatable bonds is 2. The van der Waals surface area contributed by atoms with Gasteiger partial charge in [-0.05, 0) is 18.3 Å². The molecule has 0 fully saturated rings. The number of ether oxygens (including phenoxy) is 1. The summed E-state index contributed by atoms with van der Waals surface area (Å²) in [5.41, 5.74) is 5.65. The van der Waals surface area contributed by atoms with E-state index in [4.69, 9.17) is 11.8 Å². The van der Waals surface area contributed by atoms with Crippen LogP contribution in [0, 0.1) is 0 Å². The minimum Gasteiger partial charge on any atom is -0.462 e. The second-order valence-electron chi connectivity index (χ2n) is 1.84. The molecule has 60 valence electrons. The van der Waals surface area contributed by atoms with E-state index in [2.05, 4.69) is 0 Å². The van der Waals surface area contributed by atoms with Crippen LogP contribution in [-0.4, -0.2) is 12.6 Å². The molecule has 0 aromatic carbocycles. The Bertz CT molecular complexity index is 278. The number of thiophene rings is 1. The summed E-state index contributed by atoms with van der Waals surface area (Å²) in [6, 6.07) is 0.135. The number of esters is 1. The van der Waals surface area contributed by atoms with Crippen LogP contribution >= 0.6 is 11.3 Å². The zero-order valence-electron chi connectivity index (χ0n) is 7.09. The second kappa shape index (κ2) is 3.39. The monoisotopic (exact) mass is 172 g/mol. The molecule has 0 amide bonds. The SMILES string of the molecule is [2H]c1csc(N)c1C(=O)OCC. The molecule has 0 radical (unpaired) electrons. The van der Waals surface area contributed by atoms with Crippen molar-refractivity contribution in [3.05, 3.63) is 17.0 Å². The minimum absolute atomic E-state index is 0.135. The predicted molar refractivity (Wildman–Crippen MR) is 44.7 cm³/mol. The third kappa shape index (κ3) is 1.71. The predicted octanol–water partition coefficient (Wildman–Crippen LogP) is 1.51. The lowest BCUT2D eigenvalue weighted by molar-refractivity contribution is 0.0528. The molecule has 0 aliphatic carbocycles. The Labute approximate surface area is 70.2 Å². The summed E-state index contributed by atoms with van der Waals surface area (Å²) in [7, 11) is 0. The zero-order chi connectivity index (χ0) is 9.14. The summed E-state index contributed by atoms with van der Waals surface area (Å²) < 4.78 is 12.0. The van der Waals surface area contributed by atoms with E-state index in [0.29, 0.717) is 11.6 Å². The van der Waals surface area contributed by atoms with Crippen LogP contribution in [0.15, 0.2) is 11.4 Å². The first-order chi connectivity index (χ1) is 5.66. The second-order valence-corrected chi connectivity index (χ2v) is 2.75. The molecular weight excluding hydrogens is 162 g/mol. The van der Waals surface area contributed by atoms with Crippen LogP contribution in [0.3, 0.4) is 0 Å². The van der Waals surface area contributed by atoms with Gasteiger partial charge in [0, 0.05) is 0 Å². The quantitative estimate of drug-likeness (QED) is 0.688. The number of hydrogen-bond acceptors (Lipinski definition) is 4. The molecule has 2 N–H and O–H groups in total. The molecule has 0 atom stereocenters. The summed E-state index contributed by atoms with van der Waals surface area (Å²) in [4.78, 5) is 11.1. The van der Waals surface area contributed by atoms with Crippen LogP contribution in [0.1, 0.15) is 18.7 Å². The lowest BCUT2D eigenvalue weighted by Crippen LogP contribution is -2.05. The molecule has 1 aromatic rings. The largest absolute Gasteiger partial charge is 0.462 e. The van der Waals surface area contributed by atoms with Crippen LogP contribution < -0.4 is 5.73 Å². The molecule has 0 bridgehead atoms. The molecular formula is C7H9NO2S. The van der Waals surface area contributed by atoms with Crippen molar-refractivity contribution >= 4 is 22.3 Å². The molecule has 0 saturated carbocycles. The highest BCUT2D eigenvalue weighted by Gasteiger charge is 2.10. The number of nitrogens with two attached hydrogens (primary N) is 1. The third-order valence-electron chi connectivity index (χ3n) is 1.12. The van der Waals surface area contributed by atoms with E-state index in [1.807, 2.05) is 0 Å². The normalized spacial score (nSPS) is 10.8. The van der Waals surface area contributed by atoms with Crippen LogP contribution in [-0.2, 0) is 4.74 Å². The van der Waals surface area contributed by atoms with E-state index in [1.165, 1.54) is 16.7 Å². The van der Waals surface area contributed by atoms with Crippen molar-refractivity contribution in [3.8, 4) is 0 Å². The van der Waals surface area contributed by atoms with Gasteiger partial charge in [-0.2, -0.15) is 0 Å². The first-order valence-corrected chi connectivity index (χ1v) is 4.05. The lowest BCUT2D eigenvalue weighted by Gasteiger charge is -1.98. The van der Waals surface area contributed by atoms with Gasteiger partial charge < -0.3 is 10.5 Å². The average Bonchev–Trinajstić information content (AvgIpc) is 2.32. The fourth-order valence-electron chi connectivity index (χ4n) is 0.645. The molecule has 0 aliphatic rings. The maximum Gasteiger partial charge on any atom is 0.341 e. The van der Waals surface area contributed by atoms with Crippen LogP contribution in [0.25, 0.3) is 0 Å². The van der Waals surface area contributed by atoms with Crippen molar-refractivity contribution in [3.63, 3.8) is 0 Å². The Kier molecular flexibility index (Phi) is 2.05.